The zero-order valence-corrected chi connectivity index (χ0v) is 12.2. The van der Waals surface area contributed by atoms with Gasteiger partial charge >= 0.3 is 0 Å². The normalized spacial score (nSPS) is 11.1. The molecule has 0 amide bonds. The van der Waals surface area contributed by atoms with Crippen LogP contribution in [0.2, 0.25) is 0 Å². The molecule has 107 valence electrons. The van der Waals surface area contributed by atoms with Gasteiger partial charge in [0.1, 0.15) is 17.1 Å². The first-order chi connectivity index (χ1) is 10.8. The van der Waals surface area contributed by atoms with E-state index in [2.05, 4.69) is 11.1 Å². The van der Waals surface area contributed by atoms with E-state index in [9.17, 15) is 0 Å². The number of furan rings is 1. The van der Waals surface area contributed by atoms with Gasteiger partial charge in [0.05, 0.1) is 12.1 Å². The topological polar surface area (TPSA) is 39.2 Å². The van der Waals surface area contributed by atoms with Crippen molar-refractivity contribution in [3.63, 3.8) is 0 Å². The molecule has 0 fully saturated rings. The van der Waals surface area contributed by atoms with Crippen LogP contribution >= 0.6 is 0 Å². The zero-order valence-electron chi connectivity index (χ0n) is 12.2. The Kier molecular flexibility index (Phi) is 3.04. The largest absolute Gasteiger partial charge is 0.461 e. The fraction of sp³-hybridized carbons (Fsp3) is 0.105. The average molecular weight is 288 g/mol. The maximum atomic E-state index is 5.84. The van der Waals surface area contributed by atoms with Crippen molar-refractivity contribution in [3.8, 4) is 11.5 Å². The highest BCUT2D eigenvalue weighted by atomic mass is 16.4. The van der Waals surface area contributed by atoms with Gasteiger partial charge in [-0.25, -0.2) is 4.98 Å². The molecule has 0 unspecified atom stereocenters. The number of benzene rings is 2. The molecule has 0 aliphatic carbocycles. The van der Waals surface area contributed by atoms with Crippen LogP contribution in [0.4, 0.5) is 0 Å². The van der Waals surface area contributed by atoms with Gasteiger partial charge in [-0.15, -0.1) is 0 Å². The lowest BCUT2D eigenvalue weighted by Crippen LogP contribution is -1.88. The molecule has 4 rings (SSSR count). The molecule has 2 heterocycles. The van der Waals surface area contributed by atoms with E-state index < -0.39 is 0 Å². The Morgan fingerprint density at radius 1 is 1.09 bits per heavy atom. The Morgan fingerprint density at radius 3 is 2.77 bits per heavy atom. The van der Waals surface area contributed by atoms with Crippen molar-refractivity contribution < 1.29 is 8.83 Å². The molecule has 22 heavy (non-hydrogen) atoms. The molecule has 2 aromatic heterocycles. The van der Waals surface area contributed by atoms with Gasteiger partial charge in [-0.05, 0) is 43.3 Å². The Labute approximate surface area is 128 Å². The smallest absolute Gasteiger partial charge is 0.226 e. The zero-order chi connectivity index (χ0) is 14.9. The molecule has 4 aromatic rings. The van der Waals surface area contributed by atoms with Crippen LogP contribution in [-0.4, -0.2) is 4.98 Å². The second kappa shape index (κ2) is 5.19. The van der Waals surface area contributed by atoms with Crippen LogP contribution in [0.15, 0.2) is 63.4 Å². The number of aryl methyl sites for hydroxylation is 1. The molecule has 2 aromatic carbocycles. The lowest BCUT2D eigenvalue weighted by Gasteiger charge is -1.93. The van der Waals surface area contributed by atoms with Gasteiger partial charge in [0.25, 0.3) is 0 Å². The monoisotopic (exact) mass is 288 g/mol. The summed E-state index contributed by atoms with van der Waals surface area (Å²) in [5.41, 5.74) is 2.76. The van der Waals surface area contributed by atoms with Crippen molar-refractivity contribution in [2.24, 2.45) is 0 Å². The van der Waals surface area contributed by atoms with E-state index in [1.54, 1.807) is 0 Å². The van der Waals surface area contributed by atoms with E-state index in [-0.39, 0.29) is 0 Å². The maximum Gasteiger partial charge on any atom is 0.226 e. The fourth-order valence-corrected chi connectivity index (χ4v) is 2.53. The summed E-state index contributed by atoms with van der Waals surface area (Å²) in [7, 11) is 0. The van der Waals surface area contributed by atoms with Crippen LogP contribution in [0.3, 0.4) is 0 Å². The van der Waals surface area contributed by atoms with Gasteiger partial charge in [-0.1, -0.05) is 24.3 Å². The maximum absolute atomic E-state index is 5.84. The number of fused-ring (bicyclic) bond motifs is 1. The van der Waals surface area contributed by atoms with Crippen molar-refractivity contribution in [3.05, 3.63) is 77.9 Å². The van der Waals surface area contributed by atoms with Crippen LogP contribution in [0.5, 0.6) is 0 Å². The summed E-state index contributed by atoms with van der Waals surface area (Å²) in [6.45, 7) is 1.94. The minimum atomic E-state index is 0.622. The number of oxazole rings is 1. The number of nitrogens with zero attached hydrogens (tertiary/aromatic N) is 1. The fourth-order valence-electron chi connectivity index (χ4n) is 2.53. The van der Waals surface area contributed by atoms with Gasteiger partial charge in [-0.2, -0.15) is 0 Å². The Balaban J connectivity index is 1.67. The molecular weight excluding hydrogens is 274 g/mol. The molecule has 0 saturated heterocycles. The van der Waals surface area contributed by atoms with Crippen molar-refractivity contribution in [1.82, 2.24) is 4.98 Å². The van der Waals surface area contributed by atoms with Gasteiger partial charge in [-0.3, -0.25) is 0 Å². The number of aromatic nitrogens is 1. The highest BCUT2D eigenvalue weighted by molar-refractivity contribution is 5.77. The molecular formula is C19H14NO2. The van der Waals surface area contributed by atoms with Crippen LogP contribution in [0, 0.1) is 13.0 Å². The first-order valence-corrected chi connectivity index (χ1v) is 7.20. The summed E-state index contributed by atoms with van der Waals surface area (Å²) in [5, 5.41) is 1.06. The molecule has 0 aliphatic heterocycles. The number of rotatable bonds is 3. The number of hydrogen-bond donors (Lipinski definition) is 0. The first kappa shape index (κ1) is 12.9. The van der Waals surface area contributed by atoms with Crippen molar-refractivity contribution in [2.45, 2.75) is 13.3 Å². The van der Waals surface area contributed by atoms with Crippen molar-refractivity contribution >= 4 is 11.0 Å². The highest BCUT2D eigenvalue weighted by Gasteiger charge is 2.13. The quantitative estimate of drug-likeness (QED) is 0.544. The van der Waals surface area contributed by atoms with E-state index >= 15 is 0 Å². The summed E-state index contributed by atoms with van der Waals surface area (Å²) >= 11 is 0. The van der Waals surface area contributed by atoms with Crippen LogP contribution in [0.1, 0.15) is 17.2 Å². The summed E-state index contributed by atoms with van der Waals surface area (Å²) in [6.07, 6.45) is 0.622. The molecule has 3 nitrogen and oxygen atoms in total. The molecule has 0 atom stereocenters. The lowest BCUT2D eigenvalue weighted by atomic mass is 10.2. The predicted molar refractivity (Wildman–Crippen MR) is 84.5 cm³/mol. The highest BCUT2D eigenvalue weighted by Crippen LogP contribution is 2.25. The summed E-state index contributed by atoms with van der Waals surface area (Å²) < 4.78 is 11.6. The minimum absolute atomic E-state index is 0.622. The van der Waals surface area contributed by atoms with E-state index in [4.69, 9.17) is 8.83 Å². The summed E-state index contributed by atoms with van der Waals surface area (Å²) in [5.74, 6) is 2.36. The SMILES string of the molecule is Cc1oc(-c2ccccc2)nc1Cc1cc2c[c]ccc2o1. The second-order valence-corrected chi connectivity index (χ2v) is 5.24. The van der Waals surface area contributed by atoms with Crippen LogP contribution in [-0.2, 0) is 6.42 Å². The van der Waals surface area contributed by atoms with Crippen LogP contribution in [0.25, 0.3) is 22.4 Å². The Hall–Kier alpha value is -2.81. The third-order valence-corrected chi connectivity index (χ3v) is 3.67. The van der Waals surface area contributed by atoms with Crippen molar-refractivity contribution in [2.75, 3.05) is 0 Å². The Morgan fingerprint density at radius 2 is 1.95 bits per heavy atom. The molecule has 0 saturated carbocycles. The van der Waals surface area contributed by atoms with E-state index in [1.807, 2.05) is 61.5 Å². The van der Waals surface area contributed by atoms with E-state index in [0.29, 0.717) is 12.3 Å². The van der Waals surface area contributed by atoms with Crippen LogP contribution < -0.4 is 0 Å². The molecule has 0 N–H and O–H groups in total. The van der Waals surface area contributed by atoms with Gasteiger partial charge < -0.3 is 8.83 Å². The summed E-state index contributed by atoms with van der Waals surface area (Å²) in [4.78, 5) is 4.61. The Bertz CT molecular complexity index is 886. The molecule has 3 heteroatoms. The number of hydrogen-bond acceptors (Lipinski definition) is 3. The third-order valence-electron chi connectivity index (χ3n) is 3.67. The second-order valence-electron chi connectivity index (χ2n) is 5.24. The molecule has 1 radical (unpaired) electrons. The minimum Gasteiger partial charge on any atom is -0.461 e. The van der Waals surface area contributed by atoms with E-state index in [1.165, 1.54) is 0 Å². The first-order valence-electron chi connectivity index (χ1n) is 7.20. The predicted octanol–water partition coefficient (Wildman–Crippen LogP) is 4.79. The molecule has 0 bridgehead atoms. The van der Waals surface area contributed by atoms with Gasteiger partial charge in [0, 0.05) is 10.9 Å². The third kappa shape index (κ3) is 2.31. The van der Waals surface area contributed by atoms with Crippen molar-refractivity contribution in [1.29, 1.82) is 0 Å². The summed E-state index contributed by atoms with van der Waals surface area (Å²) in [6, 6.07) is 20.7. The average Bonchev–Trinajstić information content (AvgIpc) is 3.12. The molecule has 0 aliphatic rings. The molecule has 0 spiro atoms. The van der Waals surface area contributed by atoms with Gasteiger partial charge in [0.2, 0.25) is 5.89 Å². The lowest BCUT2D eigenvalue weighted by molar-refractivity contribution is 0.533. The van der Waals surface area contributed by atoms with Gasteiger partial charge in [0.15, 0.2) is 0 Å². The standard InChI is InChI=1S/C19H14NO2/c1-13-17(20-19(21-13)14-7-3-2-4-8-14)12-16-11-15-9-5-6-10-18(15)22-16/h2-4,6-11H,12H2,1H3. The van der Waals surface area contributed by atoms with E-state index in [0.717, 1.165) is 33.7 Å².